The van der Waals surface area contributed by atoms with Crippen molar-refractivity contribution < 1.29 is 0 Å². The quantitative estimate of drug-likeness (QED) is 0.835. The molecular weight excluding hydrogens is 198 g/mol. The molecule has 1 aromatic carbocycles. The fourth-order valence-corrected chi connectivity index (χ4v) is 1.83. The minimum Gasteiger partial charge on any atom is -0.326 e. The largest absolute Gasteiger partial charge is 0.326 e. The molecule has 0 spiro atoms. The van der Waals surface area contributed by atoms with Crippen molar-refractivity contribution in [3.8, 4) is 5.69 Å². The summed E-state index contributed by atoms with van der Waals surface area (Å²) in [6.07, 6.45) is 1.84. The lowest BCUT2D eigenvalue weighted by Crippen LogP contribution is -2.03. The van der Waals surface area contributed by atoms with E-state index in [1.807, 2.05) is 10.9 Å². The second-order valence-electron chi connectivity index (χ2n) is 4.16. The number of hydrogen-bond acceptors (Lipinski definition) is 2. The number of nitrogens with zero attached hydrogens (tertiary/aromatic N) is 2. The molecule has 2 aromatic rings. The molecule has 0 saturated heterocycles. The lowest BCUT2D eigenvalue weighted by molar-refractivity contribution is 0.835. The highest BCUT2D eigenvalue weighted by atomic mass is 15.3. The van der Waals surface area contributed by atoms with Crippen molar-refractivity contribution in [2.75, 3.05) is 0 Å². The van der Waals surface area contributed by atoms with Crippen molar-refractivity contribution >= 4 is 0 Å². The van der Waals surface area contributed by atoms with Gasteiger partial charge in [-0.2, -0.15) is 5.10 Å². The molecule has 2 N–H and O–H groups in total. The van der Waals surface area contributed by atoms with Gasteiger partial charge in [0.2, 0.25) is 0 Å². The van der Waals surface area contributed by atoms with Gasteiger partial charge >= 0.3 is 0 Å². The average molecular weight is 215 g/mol. The van der Waals surface area contributed by atoms with Gasteiger partial charge < -0.3 is 5.73 Å². The topological polar surface area (TPSA) is 43.8 Å². The lowest BCUT2D eigenvalue weighted by atomic mass is 10.1. The first kappa shape index (κ1) is 10.9. The van der Waals surface area contributed by atoms with Crippen molar-refractivity contribution in [1.29, 1.82) is 0 Å². The van der Waals surface area contributed by atoms with Crippen LogP contribution in [-0.4, -0.2) is 9.78 Å². The van der Waals surface area contributed by atoms with Crippen molar-refractivity contribution in [3.05, 3.63) is 46.8 Å². The first-order valence-corrected chi connectivity index (χ1v) is 5.44. The van der Waals surface area contributed by atoms with Gasteiger partial charge in [0.15, 0.2) is 0 Å². The van der Waals surface area contributed by atoms with Crippen LogP contribution in [0.1, 0.15) is 22.4 Å². The first-order chi connectivity index (χ1) is 7.63. The molecule has 3 nitrogen and oxygen atoms in total. The maximum atomic E-state index is 5.66. The normalized spacial score (nSPS) is 10.8. The van der Waals surface area contributed by atoms with Crippen molar-refractivity contribution in [3.63, 3.8) is 0 Å². The fourth-order valence-electron chi connectivity index (χ4n) is 1.83. The van der Waals surface area contributed by atoms with Crippen LogP contribution in [0.25, 0.3) is 5.69 Å². The van der Waals surface area contributed by atoms with Crippen LogP contribution in [-0.2, 0) is 6.54 Å². The van der Waals surface area contributed by atoms with Gasteiger partial charge in [-0.15, -0.1) is 0 Å². The Labute approximate surface area is 95.9 Å². The summed E-state index contributed by atoms with van der Waals surface area (Å²) in [7, 11) is 0. The van der Waals surface area contributed by atoms with Gasteiger partial charge in [-0.1, -0.05) is 12.1 Å². The highest BCUT2D eigenvalue weighted by Crippen LogP contribution is 2.18. The van der Waals surface area contributed by atoms with E-state index in [4.69, 9.17) is 5.73 Å². The number of aromatic nitrogens is 2. The Balaban J connectivity index is 2.58. The Morgan fingerprint density at radius 2 is 2.00 bits per heavy atom. The third-order valence-corrected chi connectivity index (χ3v) is 2.92. The maximum Gasteiger partial charge on any atom is 0.0680 e. The summed E-state index contributed by atoms with van der Waals surface area (Å²) < 4.78 is 1.96. The van der Waals surface area contributed by atoms with Crippen LogP contribution >= 0.6 is 0 Å². The van der Waals surface area contributed by atoms with E-state index in [0.717, 1.165) is 16.9 Å². The van der Waals surface area contributed by atoms with Gasteiger partial charge in [-0.25, -0.2) is 4.68 Å². The maximum absolute atomic E-state index is 5.66. The Morgan fingerprint density at radius 3 is 2.62 bits per heavy atom. The SMILES string of the molecule is Cc1ccc(C)c(-n2ncc(CN)c2C)c1. The van der Waals surface area contributed by atoms with E-state index < -0.39 is 0 Å². The molecule has 0 bridgehead atoms. The van der Waals surface area contributed by atoms with E-state index in [9.17, 15) is 0 Å². The standard InChI is InChI=1S/C13H17N3/c1-9-4-5-10(2)13(6-9)16-11(3)12(7-14)8-15-16/h4-6,8H,7,14H2,1-3H3. The van der Waals surface area contributed by atoms with Crippen molar-refractivity contribution in [2.45, 2.75) is 27.3 Å². The molecule has 0 fully saturated rings. The summed E-state index contributed by atoms with van der Waals surface area (Å²) in [5, 5.41) is 4.40. The molecule has 0 radical (unpaired) electrons. The smallest absolute Gasteiger partial charge is 0.0680 e. The summed E-state index contributed by atoms with van der Waals surface area (Å²) in [6, 6.07) is 6.38. The Morgan fingerprint density at radius 1 is 1.25 bits per heavy atom. The highest BCUT2D eigenvalue weighted by Gasteiger charge is 2.08. The molecule has 0 atom stereocenters. The fraction of sp³-hybridized carbons (Fsp3) is 0.308. The van der Waals surface area contributed by atoms with E-state index in [1.165, 1.54) is 11.1 Å². The van der Waals surface area contributed by atoms with Gasteiger partial charge in [0.05, 0.1) is 11.9 Å². The molecule has 1 heterocycles. The second kappa shape index (κ2) is 4.10. The number of benzene rings is 1. The van der Waals surface area contributed by atoms with Gasteiger partial charge in [0, 0.05) is 17.8 Å². The van der Waals surface area contributed by atoms with Crippen molar-refractivity contribution in [2.24, 2.45) is 5.73 Å². The van der Waals surface area contributed by atoms with Gasteiger partial charge in [0.25, 0.3) is 0 Å². The molecular formula is C13H17N3. The van der Waals surface area contributed by atoms with Crippen LogP contribution in [0, 0.1) is 20.8 Å². The number of nitrogens with two attached hydrogens (primary N) is 1. The Hall–Kier alpha value is -1.61. The minimum atomic E-state index is 0.538. The van der Waals surface area contributed by atoms with E-state index in [1.54, 1.807) is 0 Å². The molecule has 16 heavy (non-hydrogen) atoms. The zero-order valence-corrected chi connectivity index (χ0v) is 9.99. The van der Waals surface area contributed by atoms with Crippen LogP contribution in [0.15, 0.2) is 24.4 Å². The highest BCUT2D eigenvalue weighted by molar-refractivity contribution is 5.44. The van der Waals surface area contributed by atoms with Crippen LogP contribution in [0.5, 0.6) is 0 Å². The molecule has 0 unspecified atom stereocenters. The van der Waals surface area contributed by atoms with Gasteiger partial charge in [0.1, 0.15) is 0 Å². The molecule has 0 aliphatic heterocycles. The zero-order chi connectivity index (χ0) is 11.7. The molecule has 0 aliphatic carbocycles. The molecule has 0 saturated carbocycles. The van der Waals surface area contributed by atoms with Gasteiger partial charge in [-0.05, 0) is 38.0 Å². The summed E-state index contributed by atoms with van der Waals surface area (Å²) >= 11 is 0. The summed E-state index contributed by atoms with van der Waals surface area (Å²) in [5.41, 5.74) is 11.5. The minimum absolute atomic E-state index is 0.538. The third kappa shape index (κ3) is 1.74. The first-order valence-electron chi connectivity index (χ1n) is 5.44. The average Bonchev–Trinajstić information content (AvgIpc) is 2.63. The molecule has 84 valence electrons. The number of hydrogen-bond donors (Lipinski definition) is 1. The van der Waals surface area contributed by atoms with Crippen LogP contribution in [0.4, 0.5) is 0 Å². The van der Waals surface area contributed by atoms with E-state index in [2.05, 4.69) is 44.1 Å². The number of aryl methyl sites for hydroxylation is 2. The zero-order valence-electron chi connectivity index (χ0n) is 9.99. The third-order valence-electron chi connectivity index (χ3n) is 2.92. The molecule has 1 aromatic heterocycles. The second-order valence-corrected chi connectivity index (χ2v) is 4.16. The summed E-state index contributed by atoms with van der Waals surface area (Å²) in [6.45, 7) is 6.78. The summed E-state index contributed by atoms with van der Waals surface area (Å²) in [4.78, 5) is 0. The molecule has 3 heteroatoms. The molecule has 2 rings (SSSR count). The Bertz CT molecular complexity index is 512. The van der Waals surface area contributed by atoms with E-state index >= 15 is 0 Å². The predicted octanol–water partition coefficient (Wildman–Crippen LogP) is 2.26. The molecule has 0 amide bonds. The lowest BCUT2D eigenvalue weighted by Gasteiger charge is -2.09. The predicted molar refractivity (Wildman–Crippen MR) is 65.7 cm³/mol. The Kier molecular flexibility index (Phi) is 2.79. The monoisotopic (exact) mass is 215 g/mol. The van der Waals surface area contributed by atoms with Crippen molar-refractivity contribution in [1.82, 2.24) is 9.78 Å². The number of rotatable bonds is 2. The molecule has 0 aliphatic rings. The van der Waals surface area contributed by atoms with E-state index in [-0.39, 0.29) is 0 Å². The van der Waals surface area contributed by atoms with Crippen LogP contribution < -0.4 is 5.73 Å². The van der Waals surface area contributed by atoms with Gasteiger partial charge in [-0.3, -0.25) is 0 Å². The van der Waals surface area contributed by atoms with Crippen LogP contribution in [0.3, 0.4) is 0 Å². The summed E-state index contributed by atoms with van der Waals surface area (Å²) in [5.74, 6) is 0. The van der Waals surface area contributed by atoms with Crippen LogP contribution in [0.2, 0.25) is 0 Å². The van der Waals surface area contributed by atoms with E-state index in [0.29, 0.717) is 6.54 Å².